The van der Waals surface area contributed by atoms with Crippen LogP contribution in [0.25, 0.3) is 0 Å². The van der Waals surface area contributed by atoms with Crippen LogP contribution in [0.15, 0.2) is 48.5 Å². The van der Waals surface area contributed by atoms with Crippen LogP contribution in [0.1, 0.15) is 24.0 Å². The van der Waals surface area contributed by atoms with Gasteiger partial charge >= 0.3 is 0 Å². The fraction of sp³-hybridized carbons (Fsp3) is 0.455. The van der Waals surface area contributed by atoms with Crippen LogP contribution in [0, 0.1) is 11.6 Å². The van der Waals surface area contributed by atoms with Crippen LogP contribution in [0.4, 0.5) is 8.78 Å². The summed E-state index contributed by atoms with van der Waals surface area (Å²) >= 11 is 0. The molecule has 1 aliphatic rings. The molecular formula is C22H28F2N2O. The quantitative estimate of drug-likeness (QED) is 0.734. The topological polar surface area (TPSA) is 15.7 Å². The minimum atomic E-state index is -0.239. The summed E-state index contributed by atoms with van der Waals surface area (Å²) in [4.78, 5) is 4.90. The first-order valence-corrected chi connectivity index (χ1v) is 9.53. The van der Waals surface area contributed by atoms with Gasteiger partial charge < -0.3 is 4.74 Å². The van der Waals surface area contributed by atoms with Crippen LogP contribution in [-0.4, -0.2) is 62.3 Å². The van der Waals surface area contributed by atoms with Gasteiger partial charge in [-0.3, -0.25) is 9.80 Å². The summed E-state index contributed by atoms with van der Waals surface area (Å²) < 4.78 is 32.0. The molecule has 1 unspecified atom stereocenters. The Morgan fingerprint density at radius 1 is 0.963 bits per heavy atom. The van der Waals surface area contributed by atoms with Gasteiger partial charge in [-0.2, -0.15) is 0 Å². The summed E-state index contributed by atoms with van der Waals surface area (Å²) in [6, 6.07) is 13.8. The molecule has 1 atom stereocenters. The Labute approximate surface area is 160 Å². The molecule has 27 heavy (non-hydrogen) atoms. The van der Waals surface area contributed by atoms with Gasteiger partial charge in [-0.25, -0.2) is 8.78 Å². The molecule has 5 heteroatoms. The number of halogens is 2. The zero-order chi connectivity index (χ0) is 19.2. The molecule has 0 aliphatic carbocycles. The van der Waals surface area contributed by atoms with Crippen LogP contribution in [0.3, 0.4) is 0 Å². The zero-order valence-corrected chi connectivity index (χ0v) is 16.1. The fourth-order valence-electron chi connectivity index (χ4n) is 3.83. The first-order chi connectivity index (χ1) is 13.1. The number of benzene rings is 2. The molecule has 1 aliphatic heterocycles. The van der Waals surface area contributed by atoms with Crippen molar-refractivity contribution in [1.29, 1.82) is 0 Å². The van der Waals surface area contributed by atoms with E-state index in [-0.39, 0.29) is 17.6 Å². The van der Waals surface area contributed by atoms with E-state index in [9.17, 15) is 8.78 Å². The molecule has 3 nitrogen and oxygen atoms in total. The molecule has 1 saturated heterocycles. The van der Waals surface area contributed by atoms with E-state index in [1.165, 1.54) is 24.3 Å². The normalized spacial score (nSPS) is 18.9. The van der Waals surface area contributed by atoms with Gasteiger partial charge in [-0.1, -0.05) is 24.3 Å². The van der Waals surface area contributed by atoms with Crippen molar-refractivity contribution in [3.8, 4) is 0 Å². The summed E-state index contributed by atoms with van der Waals surface area (Å²) in [5.41, 5.74) is 2.11. The van der Waals surface area contributed by atoms with Crippen LogP contribution in [0.2, 0.25) is 0 Å². The van der Waals surface area contributed by atoms with Crippen molar-refractivity contribution in [2.24, 2.45) is 0 Å². The van der Waals surface area contributed by atoms with E-state index in [0.29, 0.717) is 6.04 Å². The average molecular weight is 374 g/mol. The molecule has 146 valence electrons. The third kappa shape index (κ3) is 5.34. The van der Waals surface area contributed by atoms with E-state index in [1.54, 1.807) is 7.11 Å². The van der Waals surface area contributed by atoms with E-state index in [4.69, 9.17) is 4.74 Å². The molecule has 0 amide bonds. The summed E-state index contributed by atoms with van der Waals surface area (Å²) in [5.74, 6) is -0.391. The Morgan fingerprint density at radius 3 is 2.00 bits per heavy atom. The Balaban J connectivity index is 1.74. The number of nitrogens with zero attached hydrogens (tertiary/aromatic N) is 2. The first kappa shape index (κ1) is 19.9. The molecule has 0 N–H and O–H groups in total. The maximum Gasteiger partial charge on any atom is 0.123 e. The van der Waals surface area contributed by atoms with Crippen molar-refractivity contribution in [2.75, 3.05) is 46.4 Å². The van der Waals surface area contributed by atoms with Crippen LogP contribution in [0.5, 0.6) is 0 Å². The van der Waals surface area contributed by atoms with Gasteiger partial charge in [0.05, 0.1) is 6.61 Å². The predicted molar refractivity (Wildman–Crippen MR) is 104 cm³/mol. The highest BCUT2D eigenvalue weighted by Gasteiger charge is 2.26. The molecule has 0 aromatic heterocycles. The van der Waals surface area contributed by atoms with Gasteiger partial charge in [0.25, 0.3) is 0 Å². The van der Waals surface area contributed by atoms with Crippen LogP contribution in [-0.2, 0) is 4.74 Å². The number of hydrogen-bond donors (Lipinski definition) is 0. The highest BCUT2D eigenvalue weighted by Crippen LogP contribution is 2.27. The number of piperazine rings is 1. The zero-order valence-electron chi connectivity index (χ0n) is 16.1. The van der Waals surface area contributed by atoms with Gasteiger partial charge in [-0.05, 0) is 42.3 Å². The monoisotopic (exact) mass is 374 g/mol. The summed E-state index contributed by atoms with van der Waals surface area (Å²) in [6.07, 6.45) is 0. The Hall–Kier alpha value is -1.82. The highest BCUT2D eigenvalue weighted by molar-refractivity contribution is 5.33. The van der Waals surface area contributed by atoms with Crippen molar-refractivity contribution >= 4 is 0 Å². The van der Waals surface area contributed by atoms with Crippen molar-refractivity contribution in [2.45, 2.75) is 18.9 Å². The van der Waals surface area contributed by atoms with Gasteiger partial charge in [0.15, 0.2) is 0 Å². The lowest BCUT2D eigenvalue weighted by Crippen LogP contribution is -2.53. The molecule has 0 radical (unpaired) electrons. The van der Waals surface area contributed by atoms with Crippen LogP contribution >= 0.6 is 0 Å². The molecule has 3 rings (SSSR count). The van der Waals surface area contributed by atoms with E-state index in [0.717, 1.165) is 50.5 Å². The third-order valence-corrected chi connectivity index (χ3v) is 5.42. The minimum Gasteiger partial charge on any atom is -0.383 e. The van der Waals surface area contributed by atoms with Gasteiger partial charge in [-0.15, -0.1) is 0 Å². The number of hydrogen-bond acceptors (Lipinski definition) is 3. The minimum absolute atomic E-state index is 0.0870. The SMILES string of the molecule is COCCN1CCN(CC(c2ccc(F)cc2)c2ccc(F)cc2)CC1C. The van der Waals surface area contributed by atoms with E-state index in [2.05, 4.69) is 16.7 Å². The van der Waals surface area contributed by atoms with Crippen molar-refractivity contribution in [3.05, 3.63) is 71.3 Å². The predicted octanol–water partition coefficient (Wildman–Crippen LogP) is 3.75. The average Bonchev–Trinajstić information content (AvgIpc) is 2.67. The first-order valence-electron chi connectivity index (χ1n) is 9.53. The molecule has 2 aromatic carbocycles. The second-order valence-corrected chi connectivity index (χ2v) is 7.29. The Morgan fingerprint density at radius 2 is 1.52 bits per heavy atom. The lowest BCUT2D eigenvalue weighted by atomic mass is 9.90. The molecule has 1 fully saturated rings. The lowest BCUT2D eigenvalue weighted by Gasteiger charge is -2.41. The highest BCUT2D eigenvalue weighted by atomic mass is 19.1. The van der Waals surface area contributed by atoms with Gasteiger partial charge in [0.1, 0.15) is 11.6 Å². The standard InChI is InChI=1S/C22H28F2N2O/c1-17-15-25(11-12-26(17)13-14-27-2)16-22(18-3-7-20(23)8-4-18)19-5-9-21(24)10-6-19/h3-10,17,22H,11-16H2,1-2H3. The molecule has 0 saturated carbocycles. The summed E-state index contributed by atoms with van der Waals surface area (Å²) in [5, 5.41) is 0. The van der Waals surface area contributed by atoms with E-state index in [1.807, 2.05) is 24.3 Å². The maximum absolute atomic E-state index is 13.4. The fourth-order valence-corrected chi connectivity index (χ4v) is 3.83. The molecule has 0 spiro atoms. The van der Waals surface area contributed by atoms with Crippen LogP contribution < -0.4 is 0 Å². The number of rotatable bonds is 7. The third-order valence-electron chi connectivity index (χ3n) is 5.42. The molecular weight excluding hydrogens is 346 g/mol. The number of ether oxygens (including phenoxy) is 1. The summed E-state index contributed by atoms with van der Waals surface area (Å²) in [7, 11) is 1.73. The van der Waals surface area contributed by atoms with Crippen molar-refractivity contribution in [3.63, 3.8) is 0 Å². The largest absolute Gasteiger partial charge is 0.383 e. The summed E-state index contributed by atoms with van der Waals surface area (Å²) in [6.45, 7) is 7.73. The second kappa shape index (κ2) is 9.40. The van der Waals surface area contributed by atoms with E-state index >= 15 is 0 Å². The second-order valence-electron chi connectivity index (χ2n) is 7.29. The van der Waals surface area contributed by atoms with Crippen molar-refractivity contribution < 1.29 is 13.5 Å². The van der Waals surface area contributed by atoms with Gasteiger partial charge in [0.2, 0.25) is 0 Å². The molecule has 1 heterocycles. The Bertz CT molecular complexity index is 660. The number of methoxy groups -OCH3 is 1. The molecule has 2 aromatic rings. The lowest BCUT2D eigenvalue weighted by molar-refractivity contribution is 0.0577. The van der Waals surface area contributed by atoms with Gasteiger partial charge in [0, 0.05) is 51.8 Å². The smallest absolute Gasteiger partial charge is 0.123 e. The van der Waals surface area contributed by atoms with Crippen molar-refractivity contribution in [1.82, 2.24) is 9.80 Å². The molecule has 0 bridgehead atoms. The van der Waals surface area contributed by atoms with E-state index < -0.39 is 0 Å². The maximum atomic E-state index is 13.4. The Kier molecular flexibility index (Phi) is 6.94.